The van der Waals surface area contributed by atoms with Gasteiger partial charge in [0.25, 0.3) is 0 Å². The van der Waals surface area contributed by atoms with Crippen LogP contribution < -0.4 is 0 Å². The van der Waals surface area contributed by atoms with Crippen LogP contribution in [0.5, 0.6) is 0 Å². The number of rotatable bonds is 13. The lowest BCUT2D eigenvalue weighted by atomic mass is 10.0. The molecule has 0 aliphatic rings. The van der Waals surface area contributed by atoms with Gasteiger partial charge < -0.3 is 29.2 Å². The normalized spacial score (nSPS) is 14.8. The van der Waals surface area contributed by atoms with Gasteiger partial charge in [-0.3, -0.25) is 9.59 Å². The zero-order valence-corrected chi connectivity index (χ0v) is 18.3. The van der Waals surface area contributed by atoms with Gasteiger partial charge in [-0.25, -0.2) is 0 Å². The summed E-state index contributed by atoms with van der Waals surface area (Å²) in [5, 5.41) is 21.3. The van der Waals surface area contributed by atoms with Crippen LogP contribution in [-0.2, 0) is 41.8 Å². The summed E-state index contributed by atoms with van der Waals surface area (Å²) in [6, 6.07) is 18.7. The first-order valence-electron chi connectivity index (χ1n) is 10.3. The van der Waals surface area contributed by atoms with E-state index in [-0.39, 0.29) is 26.4 Å². The third kappa shape index (κ3) is 9.15. The van der Waals surface area contributed by atoms with E-state index in [1.165, 1.54) is 13.8 Å². The van der Waals surface area contributed by atoms with E-state index in [4.69, 9.17) is 18.9 Å². The summed E-state index contributed by atoms with van der Waals surface area (Å²) < 4.78 is 21.4. The lowest BCUT2D eigenvalue weighted by molar-refractivity contribution is -0.184. The molecule has 2 aromatic rings. The average Bonchev–Trinajstić information content (AvgIpc) is 2.77. The first-order valence-corrected chi connectivity index (χ1v) is 10.3. The summed E-state index contributed by atoms with van der Waals surface area (Å²) in [7, 11) is 0. The summed E-state index contributed by atoms with van der Waals surface area (Å²) in [6.07, 6.45) is -5.48. The van der Waals surface area contributed by atoms with E-state index in [1.54, 1.807) is 0 Å². The van der Waals surface area contributed by atoms with E-state index in [9.17, 15) is 19.8 Å². The van der Waals surface area contributed by atoms with Crippen molar-refractivity contribution in [3.05, 3.63) is 71.8 Å². The molecule has 0 unspecified atom stereocenters. The van der Waals surface area contributed by atoms with Crippen LogP contribution in [0.4, 0.5) is 0 Å². The van der Waals surface area contributed by atoms with Gasteiger partial charge in [-0.2, -0.15) is 0 Å². The molecule has 174 valence electrons. The minimum absolute atomic E-state index is 0.162. The molecule has 0 aliphatic heterocycles. The molecule has 0 bridgehead atoms. The van der Waals surface area contributed by atoms with Crippen molar-refractivity contribution in [3.8, 4) is 0 Å². The van der Waals surface area contributed by atoms with Crippen molar-refractivity contribution in [2.24, 2.45) is 0 Å². The fourth-order valence-electron chi connectivity index (χ4n) is 3.01. The van der Waals surface area contributed by atoms with E-state index in [2.05, 4.69) is 0 Å². The number of aliphatic hydroxyl groups excluding tert-OH is 2. The minimum Gasteiger partial charge on any atom is -0.457 e. The van der Waals surface area contributed by atoms with Crippen LogP contribution in [0.2, 0.25) is 0 Å². The van der Waals surface area contributed by atoms with E-state index in [1.807, 2.05) is 60.7 Å². The Hall–Kier alpha value is -2.78. The first-order chi connectivity index (χ1) is 15.4. The third-order valence-corrected chi connectivity index (χ3v) is 4.53. The molecule has 8 heteroatoms. The number of carbonyl (C=O) groups is 2. The van der Waals surface area contributed by atoms with Crippen molar-refractivity contribution >= 4 is 11.9 Å². The largest absolute Gasteiger partial charge is 0.457 e. The second kappa shape index (κ2) is 13.6. The monoisotopic (exact) mass is 446 g/mol. The smallest absolute Gasteiger partial charge is 0.303 e. The van der Waals surface area contributed by atoms with Crippen molar-refractivity contribution < 1.29 is 38.7 Å². The molecule has 2 N–H and O–H groups in total. The Balaban J connectivity index is 1.97. The zero-order valence-electron chi connectivity index (χ0n) is 18.3. The molecule has 2 aromatic carbocycles. The topological polar surface area (TPSA) is 112 Å². The molecule has 0 aliphatic carbocycles. The molecule has 8 nitrogen and oxygen atoms in total. The van der Waals surface area contributed by atoms with Gasteiger partial charge in [0.2, 0.25) is 0 Å². The molecule has 0 saturated heterocycles. The van der Waals surface area contributed by atoms with Gasteiger partial charge >= 0.3 is 11.9 Å². The van der Waals surface area contributed by atoms with Crippen LogP contribution in [0.3, 0.4) is 0 Å². The highest BCUT2D eigenvalue weighted by Crippen LogP contribution is 2.15. The molecule has 0 radical (unpaired) electrons. The van der Waals surface area contributed by atoms with Crippen LogP contribution >= 0.6 is 0 Å². The number of hydrogen-bond acceptors (Lipinski definition) is 8. The van der Waals surface area contributed by atoms with Gasteiger partial charge in [0.05, 0.1) is 26.4 Å². The zero-order chi connectivity index (χ0) is 23.3. The first kappa shape index (κ1) is 25.5. The molecule has 0 saturated carbocycles. The Labute approximate surface area is 187 Å². The standard InChI is InChI=1S/C24H30O8/c1-17(25)31-21(15-29-13-19-9-5-3-6-10-19)23(27)24(28)22(32-18(2)26)16-30-14-20-11-7-4-8-12-20/h3-12,21-24,27-28H,13-16H2,1-2H3/t21-,22-,23-,24-/m1/s1. The Bertz CT molecular complexity index is 742. The summed E-state index contributed by atoms with van der Waals surface area (Å²) in [5.74, 6) is -1.29. The van der Waals surface area contributed by atoms with Crippen LogP contribution in [0.1, 0.15) is 25.0 Å². The van der Waals surface area contributed by atoms with Crippen LogP contribution in [0.15, 0.2) is 60.7 Å². The van der Waals surface area contributed by atoms with Gasteiger partial charge in [-0.15, -0.1) is 0 Å². The predicted molar refractivity (Wildman–Crippen MR) is 115 cm³/mol. The van der Waals surface area contributed by atoms with Crippen molar-refractivity contribution in [2.45, 2.75) is 51.5 Å². The molecule has 0 spiro atoms. The van der Waals surface area contributed by atoms with Gasteiger partial charge in [0.1, 0.15) is 12.2 Å². The van der Waals surface area contributed by atoms with Crippen molar-refractivity contribution in [1.29, 1.82) is 0 Å². The molecule has 0 aromatic heterocycles. The molecule has 2 rings (SSSR count). The van der Waals surface area contributed by atoms with Gasteiger partial charge in [0, 0.05) is 13.8 Å². The lowest BCUT2D eigenvalue weighted by Gasteiger charge is -2.30. The van der Waals surface area contributed by atoms with Crippen molar-refractivity contribution in [2.75, 3.05) is 13.2 Å². The fraction of sp³-hybridized carbons (Fsp3) is 0.417. The molecule has 0 amide bonds. The number of aliphatic hydroxyl groups is 2. The van der Waals surface area contributed by atoms with E-state index < -0.39 is 36.4 Å². The van der Waals surface area contributed by atoms with Gasteiger partial charge in [-0.05, 0) is 11.1 Å². The SMILES string of the molecule is CC(=O)O[C@H](COCc1ccccc1)[C@@H](O)[C@H](O)[C@@H](COCc1ccccc1)OC(C)=O. The predicted octanol–water partition coefficient (Wildman–Crippen LogP) is 2.01. The Morgan fingerprint density at radius 3 is 1.34 bits per heavy atom. The Morgan fingerprint density at radius 1 is 0.688 bits per heavy atom. The molecular formula is C24H30O8. The summed E-state index contributed by atoms with van der Waals surface area (Å²) in [5.41, 5.74) is 1.80. The lowest BCUT2D eigenvalue weighted by Crippen LogP contribution is -2.50. The van der Waals surface area contributed by atoms with Crippen LogP contribution in [0.25, 0.3) is 0 Å². The summed E-state index contributed by atoms with van der Waals surface area (Å²) >= 11 is 0. The highest BCUT2D eigenvalue weighted by molar-refractivity contribution is 5.66. The number of ether oxygens (including phenoxy) is 4. The maximum Gasteiger partial charge on any atom is 0.303 e. The highest BCUT2D eigenvalue weighted by Gasteiger charge is 2.36. The van der Waals surface area contributed by atoms with Crippen LogP contribution in [-0.4, -0.2) is 59.8 Å². The van der Waals surface area contributed by atoms with Gasteiger partial charge in [-0.1, -0.05) is 60.7 Å². The number of carbonyl (C=O) groups excluding carboxylic acids is 2. The number of esters is 2. The Morgan fingerprint density at radius 2 is 1.03 bits per heavy atom. The van der Waals surface area contributed by atoms with Crippen LogP contribution in [0, 0.1) is 0 Å². The molecule has 0 heterocycles. The second-order valence-electron chi connectivity index (χ2n) is 7.28. The molecular weight excluding hydrogens is 416 g/mol. The fourth-order valence-corrected chi connectivity index (χ4v) is 3.01. The van der Waals surface area contributed by atoms with E-state index in [0.29, 0.717) is 0 Å². The number of hydrogen-bond donors (Lipinski definition) is 2. The van der Waals surface area contributed by atoms with E-state index in [0.717, 1.165) is 11.1 Å². The van der Waals surface area contributed by atoms with Gasteiger partial charge in [0.15, 0.2) is 12.2 Å². The molecule has 4 atom stereocenters. The number of benzene rings is 2. The summed E-state index contributed by atoms with van der Waals surface area (Å²) in [4.78, 5) is 23.0. The van der Waals surface area contributed by atoms with Crippen molar-refractivity contribution in [1.82, 2.24) is 0 Å². The third-order valence-electron chi connectivity index (χ3n) is 4.53. The van der Waals surface area contributed by atoms with Crippen molar-refractivity contribution in [3.63, 3.8) is 0 Å². The minimum atomic E-state index is -1.57. The maximum absolute atomic E-state index is 11.5. The average molecular weight is 446 g/mol. The van der Waals surface area contributed by atoms with E-state index >= 15 is 0 Å². The Kier molecular flexibility index (Phi) is 10.8. The maximum atomic E-state index is 11.5. The second-order valence-corrected chi connectivity index (χ2v) is 7.28. The summed E-state index contributed by atoms with van der Waals surface area (Å²) in [6.45, 7) is 2.52. The highest BCUT2D eigenvalue weighted by atomic mass is 16.6. The molecule has 32 heavy (non-hydrogen) atoms. The molecule has 0 fully saturated rings. The quantitative estimate of drug-likeness (QED) is 0.450.